The number of benzene rings is 1. The van der Waals surface area contributed by atoms with Gasteiger partial charge in [0.15, 0.2) is 0 Å². The van der Waals surface area contributed by atoms with E-state index >= 15 is 0 Å². The average molecular weight is 219 g/mol. The predicted octanol–water partition coefficient (Wildman–Crippen LogP) is 3.18. The van der Waals surface area contributed by atoms with Crippen LogP contribution in [0.2, 0.25) is 0 Å². The molecule has 2 nitrogen and oxygen atoms in total. The topological polar surface area (TPSA) is 23.1 Å². The van der Waals surface area contributed by atoms with Crippen molar-refractivity contribution in [2.24, 2.45) is 11.8 Å². The molecule has 1 aromatic rings. The van der Waals surface area contributed by atoms with Crippen LogP contribution in [0.4, 0.5) is 0 Å². The Morgan fingerprint density at radius 3 is 2.25 bits per heavy atom. The molecule has 0 N–H and O–H groups in total. The number of hydrogen-bond acceptors (Lipinski definition) is 1. The highest BCUT2D eigenvalue weighted by molar-refractivity contribution is 5.13. The normalized spacial score (nSPS) is 34.9. The van der Waals surface area contributed by atoms with Gasteiger partial charge in [-0.2, -0.15) is 0 Å². The molecule has 2 rings (SSSR count). The summed E-state index contributed by atoms with van der Waals surface area (Å²) in [5.74, 6) is 1.12. The smallest absolute Gasteiger partial charge is 0.104 e. The summed E-state index contributed by atoms with van der Waals surface area (Å²) in [6.07, 6.45) is 1.21. The Morgan fingerprint density at radius 1 is 1.12 bits per heavy atom. The SMILES string of the molecule is C[C@@H]1C[C@H](C)C[N+]([O-])(Cc2ccccc2)C1. The fourth-order valence-electron chi connectivity index (χ4n) is 3.09. The van der Waals surface area contributed by atoms with Gasteiger partial charge in [-0.1, -0.05) is 44.2 Å². The van der Waals surface area contributed by atoms with Crippen molar-refractivity contribution in [3.63, 3.8) is 0 Å². The second-order valence-electron chi connectivity index (χ2n) is 5.51. The maximum atomic E-state index is 12.6. The zero-order valence-electron chi connectivity index (χ0n) is 10.2. The molecule has 1 aromatic carbocycles. The lowest BCUT2D eigenvalue weighted by Crippen LogP contribution is -2.51. The zero-order chi connectivity index (χ0) is 11.6. The number of quaternary nitrogens is 1. The van der Waals surface area contributed by atoms with Gasteiger partial charge in [0.05, 0.1) is 13.1 Å². The Balaban J connectivity index is 2.07. The van der Waals surface area contributed by atoms with E-state index in [0.29, 0.717) is 18.4 Å². The lowest BCUT2D eigenvalue weighted by Gasteiger charge is -2.49. The summed E-state index contributed by atoms with van der Waals surface area (Å²) in [4.78, 5) is 0. The van der Waals surface area contributed by atoms with Crippen LogP contribution in [0.3, 0.4) is 0 Å². The predicted molar refractivity (Wildman–Crippen MR) is 66.5 cm³/mol. The number of hydrogen-bond donors (Lipinski definition) is 0. The van der Waals surface area contributed by atoms with E-state index in [1.165, 1.54) is 12.0 Å². The Bertz CT molecular complexity index is 326. The average Bonchev–Trinajstić information content (AvgIpc) is 2.15. The van der Waals surface area contributed by atoms with Crippen molar-refractivity contribution in [2.45, 2.75) is 26.8 Å². The van der Waals surface area contributed by atoms with Crippen LogP contribution < -0.4 is 0 Å². The van der Waals surface area contributed by atoms with Gasteiger partial charge in [-0.3, -0.25) is 0 Å². The van der Waals surface area contributed by atoms with E-state index in [0.717, 1.165) is 13.1 Å². The molecule has 1 aliphatic heterocycles. The van der Waals surface area contributed by atoms with Gasteiger partial charge in [0.25, 0.3) is 0 Å². The third-order valence-electron chi connectivity index (χ3n) is 3.41. The van der Waals surface area contributed by atoms with Gasteiger partial charge < -0.3 is 9.85 Å². The molecule has 88 valence electrons. The van der Waals surface area contributed by atoms with E-state index in [9.17, 15) is 5.21 Å². The molecule has 0 spiro atoms. The molecule has 0 amide bonds. The summed E-state index contributed by atoms with van der Waals surface area (Å²) in [6.45, 7) is 6.59. The molecule has 0 bridgehead atoms. The summed E-state index contributed by atoms with van der Waals surface area (Å²) in [5.41, 5.74) is 1.17. The summed E-state index contributed by atoms with van der Waals surface area (Å²) in [6, 6.07) is 10.1. The molecule has 0 saturated carbocycles. The first-order chi connectivity index (χ1) is 7.57. The largest absolute Gasteiger partial charge is 0.633 e. The van der Waals surface area contributed by atoms with Gasteiger partial charge >= 0.3 is 0 Å². The first-order valence-electron chi connectivity index (χ1n) is 6.18. The molecule has 16 heavy (non-hydrogen) atoms. The number of nitrogens with zero attached hydrogens (tertiary/aromatic N) is 1. The van der Waals surface area contributed by atoms with Crippen LogP contribution in [0, 0.1) is 17.0 Å². The zero-order valence-corrected chi connectivity index (χ0v) is 10.2. The molecule has 0 radical (unpaired) electrons. The monoisotopic (exact) mass is 219 g/mol. The molecule has 0 aliphatic carbocycles. The van der Waals surface area contributed by atoms with E-state index in [-0.39, 0.29) is 4.65 Å². The minimum atomic E-state index is -0.0354. The first kappa shape index (κ1) is 11.6. The van der Waals surface area contributed by atoms with Crippen LogP contribution in [0.5, 0.6) is 0 Å². The van der Waals surface area contributed by atoms with Crippen molar-refractivity contribution in [3.8, 4) is 0 Å². The van der Waals surface area contributed by atoms with E-state index in [2.05, 4.69) is 26.0 Å². The molecule has 1 fully saturated rings. The van der Waals surface area contributed by atoms with Gasteiger partial charge in [-0.05, 0) is 6.42 Å². The number of rotatable bonds is 2. The Labute approximate surface area is 98.1 Å². The molecular formula is C14H21NO. The molecule has 0 aromatic heterocycles. The molecular weight excluding hydrogens is 198 g/mol. The molecule has 3 atom stereocenters. The van der Waals surface area contributed by atoms with Crippen molar-refractivity contribution in [3.05, 3.63) is 41.1 Å². The van der Waals surface area contributed by atoms with Crippen molar-refractivity contribution in [1.29, 1.82) is 0 Å². The molecule has 1 saturated heterocycles. The van der Waals surface area contributed by atoms with Crippen LogP contribution in [-0.4, -0.2) is 17.7 Å². The second-order valence-corrected chi connectivity index (χ2v) is 5.51. The fraction of sp³-hybridized carbons (Fsp3) is 0.571. The maximum absolute atomic E-state index is 12.6. The van der Waals surface area contributed by atoms with Gasteiger partial charge in [0.2, 0.25) is 0 Å². The van der Waals surface area contributed by atoms with Crippen LogP contribution in [0.15, 0.2) is 30.3 Å². The lowest BCUT2D eigenvalue weighted by molar-refractivity contribution is -0.905. The molecule has 1 aliphatic rings. The summed E-state index contributed by atoms with van der Waals surface area (Å²) >= 11 is 0. The van der Waals surface area contributed by atoms with Crippen LogP contribution in [0.25, 0.3) is 0 Å². The van der Waals surface area contributed by atoms with Gasteiger partial charge in [0.1, 0.15) is 6.54 Å². The van der Waals surface area contributed by atoms with Crippen molar-refractivity contribution >= 4 is 0 Å². The highest BCUT2D eigenvalue weighted by Gasteiger charge is 2.30. The van der Waals surface area contributed by atoms with Gasteiger partial charge in [0, 0.05) is 17.4 Å². The van der Waals surface area contributed by atoms with E-state index in [1.54, 1.807) is 0 Å². The standard InChI is InChI=1S/C14H21NO/c1-12-8-13(2)10-15(16,9-12)11-14-6-4-3-5-7-14/h3-7,12-13H,8-11H2,1-2H3/t12-,13+,15?. The van der Waals surface area contributed by atoms with Crippen molar-refractivity contribution in [2.75, 3.05) is 13.1 Å². The second kappa shape index (κ2) is 4.56. The van der Waals surface area contributed by atoms with Crippen LogP contribution in [0.1, 0.15) is 25.8 Å². The van der Waals surface area contributed by atoms with Crippen LogP contribution in [-0.2, 0) is 6.54 Å². The Morgan fingerprint density at radius 2 is 1.69 bits per heavy atom. The quantitative estimate of drug-likeness (QED) is 0.553. The third-order valence-corrected chi connectivity index (χ3v) is 3.41. The number of likely N-dealkylation sites (tertiary alicyclic amines) is 1. The first-order valence-corrected chi connectivity index (χ1v) is 6.18. The maximum Gasteiger partial charge on any atom is 0.104 e. The minimum absolute atomic E-state index is 0.0354. The third kappa shape index (κ3) is 2.83. The Hall–Kier alpha value is -0.860. The highest BCUT2D eigenvalue weighted by atomic mass is 16.5. The van der Waals surface area contributed by atoms with Gasteiger partial charge in [-0.15, -0.1) is 0 Å². The van der Waals surface area contributed by atoms with Crippen LogP contribution >= 0.6 is 0 Å². The van der Waals surface area contributed by atoms with E-state index in [1.807, 2.05) is 18.2 Å². The van der Waals surface area contributed by atoms with Crippen molar-refractivity contribution < 1.29 is 4.65 Å². The summed E-state index contributed by atoms with van der Waals surface area (Å²) in [7, 11) is 0. The van der Waals surface area contributed by atoms with E-state index < -0.39 is 0 Å². The minimum Gasteiger partial charge on any atom is -0.633 e. The Kier molecular flexibility index (Phi) is 3.31. The number of hydroxylamine groups is 3. The van der Waals surface area contributed by atoms with E-state index in [4.69, 9.17) is 0 Å². The van der Waals surface area contributed by atoms with Crippen molar-refractivity contribution in [1.82, 2.24) is 0 Å². The fourth-order valence-corrected chi connectivity index (χ4v) is 3.09. The summed E-state index contributed by atoms with van der Waals surface area (Å²) < 4.78 is -0.0354. The lowest BCUT2D eigenvalue weighted by atomic mass is 9.91. The molecule has 2 heteroatoms. The summed E-state index contributed by atoms with van der Waals surface area (Å²) in [5, 5.41) is 12.6. The van der Waals surface area contributed by atoms with Gasteiger partial charge in [-0.25, -0.2) is 0 Å². The molecule has 1 heterocycles. The highest BCUT2D eigenvalue weighted by Crippen LogP contribution is 2.28. The molecule has 1 unspecified atom stereocenters. The number of piperidine rings is 1.